The van der Waals surface area contributed by atoms with E-state index in [2.05, 4.69) is 5.10 Å². The second-order valence-electron chi connectivity index (χ2n) is 5.69. The Balaban J connectivity index is 2.29. The SMILES string of the molecule is CS(=O)(=O)c1cc(F)c(-c2cc(C(F)(F)F)nn2-c2ccccc2)cc1F. The van der Waals surface area contributed by atoms with Gasteiger partial charge >= 0.3 is 6.18 Å². The predicted octanol–water partition coefficient (Wildman–Crippen LogP) is 4.24. The van der Waals surface area contributed by atoms with Gasteiger partial charge in [-0.3, -0.25) is 0 Å². The minimum Gasteiger partial charge on any atom is -0.232 e. The van der Waals surface area contributed by atoms with Crippen LogP contribution in [0.3, 0.4) is 0 Å². The Morgan fingerprint density at radius 3 is 2.15 bits per heavy atom. The van der Waals surface area contributed by atoms with Crippen molar-refractivity contribution >= 4 is 9.84 Å². The number of halogens is 5. The lowest BCUT2D eigenvalue weighted by molar-refractivity contribution is -0.141. The van der Waals surface area contributed by atoms with E-state index in [-0.39, 0.29) is 11.4 Å². The van der Waals surface area contributed by atoms with Gasteiger partial charge in [0.05, 0.1) is 11.4 Å². The van der Waals surface area contributed by atoms with Crippen LogP contribution in [0.1, 0.15) is 5.69 Å². The molecule has 0 saturated heterocycles. The van der Waals surface area contributed by atoms with Crippen LogP contribution < -0.4 is 0 Å². The summed E-state index contributed by atoms with van der Waals surface area (Å²) in [5, 5.41) is 3.45. The van der Waals surface area contributed by atoms with Crippen molar-refractivity contribution in [1.82, 2.24) is 9.78 Å². The number of aromatic nitrogens is 2. The van der Waals surface area contributed by atoms with Crippen molar-refractivity contribution in [2.75, 3.05) is 6.26 Å². The molecule has 0 saturated carbocycles. The molecule has 0 N–H and O–H groups in total. The van der Waals surface area contributed by atoms with Crippen molar-refractivity contribution in [2.24, 2.45) is 0 Å². The van der Waals surface area contributed by atoms with E-state index >= 15 is 0 Å². The molecule has 0 aliphatic rings. The zero-order chi connectivity index (χ0) is 20.0. The molecule has 142 valence electrons. The second kappa shape index (κ2) is 6.45. The Hall–Kier alpha value is -2.75. The van der Waals surface area contributed by atoms with Crippen LogP contribution in [0.4, 0.5) is 22.0 Å². The molecule has 0 unspecified atom stereocenters. The van der Waals surface area contributed by atoms with Crippen molar-refractivity contribution in [3.63, 3.8) is 0 Å². The molecule has 3 rings (SSSR count). The lowest BCUT2D eigenvalue weighted by Gasteiger charge is -2.10. The van der Waals surface area contributed by atoms with Crippen LogP contribution in [0.5, 0.6) is 0 Å². The summed E-state index contributed by atoms with van der Waals surface area (Å²) in [6.45, 7) is 0. The number of rotatable bonds is 3. The van der Waals surface area contributed by atoms with E-state index in [4.69, 9.17) is 0 Å². The van der Waals surface area contributed by atoms with Crippen molar-refractivity contribution in [2.45, 2.75) is 11.1 Å². The Morgan fingerprint density at radius 1 is 0.963 bits per heavy atom. The van der Waals surface area contributed by atoms with Crippen molar-refractivity contribution in [1.29, 1.82) is 0 Å². The van der Waals surface area contributed by atoms with Gasteiger partial charge in [-0.2, -0.15) is 18.3 Å². The van der Waals surface area contributed by atoms with E-state index in [0.29, 0.717) is 24.5 Å². The fraction of sp³-hybridized carbons (Fsp3) is 0.118. The normalized spacial score (nSPS) is 12.4. The zero-order valence-electron chi connectivity index (χ0n) is 13.6. The van der Waals surface area contributed by atoms with Gasteiger partial charge in [-0.25, -0.2) is 21.9 Å². The number of benzene rings is 2. The van der Waals surface area contributed by atoms with Crippen LogP contribution in [0, 0.1) is 11.6 Å². The van der Waals surface area contributed by atoms with Crippen molar-refractivity contribution in [3.8, 4) is 16.9 Å². The van der Waals surface area contributed by atoms with Crippen LogP contribution in [0.15, 0.2) is 53.4 Å². The molecule has 0 radical (unpaired) electrons. The highest BCUT2D eigenvalue weighted by atomic mass is 32.2. The third kappa shape index (κ3) is 3.70. The van der Waals surface area contributed by atoms with E-state index in [9.17, 15) is 30.4 Å². The topological polar surface area (TPSA) is 52.0 Å². The van der Waals surface area contributed by atoms with E-state index < -0.39 is 43.8 Å². The van der Waals surface area contributed by atoms with Crippen molar-refractivity contribution < 1.29 is 30.4 Å². The minimum atomic E-state index is -4.81. The second-order valence-corrected chi connectivity index (χ2v) is 7.68. The molecular weight excluding hydrogens is 391 g/mol. The first kappa shape index (κ1) is 19.0. The molecule has 0 atom stereocenters. The standard InChI is InChI=1S/C17H11F5N2O2S/c1-27(25,26)15-8-12(18)11(7-13(15)19)14-9-16(17(20,21)22)23-24(14)10-5-3-2-4-6-10/h2-9H,1H3. The Bertz CT molecular complexity index is 1110. The highest BCUT2D eigenvalue weighted by Gasteiger charge is 2.36. The van der Waals surface area contributed by atoms with Gasteiger partial charge in [-0.05, 0) is 30.3 Å². The quantitative estimate of drug-likeness (QED) is 0.616. The van der Waals surface area contributed by atoms with Crippen LogP contribution in [-0.4, -0.2) is 24.5 Å². The van der Waals surface area contributed by atoms with Crippen LogP contribution in [0.2, 0.25) is 0 Å². The lowest BCUT2D eigenvalue weighted by atomic mass is 10.1. The van der Waals surface area contributed by atoms with E-state index in [1.165, 1.54) is 24.3 Å². The predicted molar refractivity (Wildman–Crippen MR) is 87.0 cm³/mol. The first-order chi connectivity index (χ1) is 12.5. The summed E-state index contributed by atoms with van der Waals surface area (Å²) in [4.78, 5) is -0.884. The summed E-state index contributed by atoms with van der Waals surface area (Å²) in [6.07, 6.45) is -4.11. The average molecular weight is 402 g/mol. The van der Waals surface area contributed by atoms with E-state index in [0.717, 1.165) is 4.68 Å². The third-order valence-corrected chi connectivity index (χ3v) is 4.81. The number of alkyl halides is 3. The fourth-order valence-corrected chi connectivity index (χ4v) is 3.22. The molecule has 0 fully saturated rings. The number of para-hydroxylation sites is 1. The Kier molecular flexibility index (Phi) is 4.54. The molecule has 3 aromatic rings. The maximum Gasteiger partial charge on any atom is 0.435 e. The maximum atomic E-state index is 14.5. The van der Waals surface area contributed by atoms with Gasteiger partial charge in [0.1, 0.15) is 16.5 Å². The average Bonchev–Trinajstić information content (AvgIpc) is 3.02. The number of hydrogen-bond acceptors (Lipinski definition) is 3. The van der Waals surface area contributed by atoms with Crippen LogP contribution in [-0.2, 0) is 16.0 Å². The van der Waals surface area contributed by atoms with Crippen LogP contribution >= 0.6 is 0 Å². The summed E-state index contributed by atoms with van der Waals surface area (Å²) in [5.41, 5.74) is -2.03. The Labute approximate surface area is 150 Å². The summed E-state index contributed by atoms with van der Waals surface area (Å²) >= 11 is 0. The summed E-state index contributed by atoms with van der Waals surface area (Å²) in [6, 6.07) is 9.14. The van der Waals surface area contributed by atoms with Gasteiger partial charge in [0.2, 0.25) is 0 Å². The molecule has 0 spiro atoms. The molecule has 2 aromatic carbocycles. The molecule has 4 nitrogen and oxygen atoms in total. The first-order valence-corrected chi connectivity index (χ1v) is 9.30. The van der Waals surface area contributed by atoms with Gasteiger partial charge in [0.15, 0.2) is 15.5 Å². The molecule has 10 heteroatoms. The molecule has 0 amide bonds. The highest BCUT2D eigenvalue weighted by Crippen LogP contribution is 2.35. The molecule has 1 aromatic heterocycles. The molecule has 0 bridgehead atoms. The van der Waals surface area contributed by atoms with Crippen LogP contribution in [0.25, 0.3) is 16.9 Å². The number of nitrogens with zero attached hydrogens (tertiary/aromatic N) is 2. The number of hydrogen-bond donors (Lipinski definition) is 0. The molecule has 27 heavy (non-hydrogen) atoms. The zero-order valence-corrected chi connectivity index (χ0v) is 14.4. The maximum absolute atomic E-state index is 14.5. The third-order valence-electron chi connectivity index (χ3n) is 3.70. The smallest absolute Gasteiger partial charge is 0.232 e. The van der Waals surface area contributed by atoms with Gasteiger partial charge < -0.3 is 0 Å². The van der Waals surface area contributed by atoms with E-state index in [1.807, 2.05) is 0 Å². The van der Waals surface area contributed by atoms with Gasteiger partial charge in [0, 0.05) is 11.8 Å². The summed E-state index contributed by atoms with van der Waals surface area (Å²) in [7, 11) is -4.05. The van der Waals surface area contributed by atoms with Gasteiger partial charge in [-0.1, -0.05) is 18.2 Å². The van der Waals surface area contributed by atoms with Gasteiger partial charge in [-0.15, -0.1) is 0 Å². The summed E-state index contributed by atoms with van der Waals surface area (Å²) < 4.78 is 91.8. The monoisotopic (exact) mass is 402 g/mol. The largest absolute Gasteiger partial charge is 0.435 e. The lowest BCUT2D eigenvalue weighted by Crippen LogP contribution is -2.07. The molecular formula is C17H11F5N2O2S. The molecule has 0 aliphatic carbocycles. The Morgan fingerprint density at radius 2 is 1.59 bits per heavy atom. The first-order valence-electron chi connectivity index (χ1n) is 7.40. The summed E-state index contributed by atoms with van der Waals surface area (Å²) in [5.74, 6) is -2.47. The van der Waals surface area contributed by atoms with Crippen molar-refractivity contribution in [3.05, 3.63) is 65.9 Å². The fourth-order valence-electron chi connectivity index (χ4n) is 2.49. The molecule has 1 heterocycles. The molecule has 0 aliphatic heterocycles. The highest BCUT2D eigenvalue weighted by molar-refractivity contribution is 7.90. The van der Waals surface area contributed by atoms with E-state index in [1.54, 1.807) is 6.07 Å². The minimum absolute atomic E-state index is 0.190. The van der Waals surface area contributed by atoms with Gasteiger partial charge in [0.25, 0.3) is 0 Å². The number of sulfone groups is 1.